The van der Waals surface area contributed by atoms with Gasteiger partial charge in [-0.1, -0.05) is 13.8 Å². The van der Waals surface area contributed by atoms with E-state index in [4.69, 9.17) is 4.74 Å². The standard InChI is InChI=1S/C12H14I2O2/c1-8(2)3-4-16-12-10(13)5-9(7-15)6-11(12)14/h5-8H,3-4H2,1-2H3. The summed E-state index contributed by atoms with van der Waals surface area (Å²) in [5.74, 6) is 1.54. The van der Waals surface area contributed by atoms with E-state index in [1.807, 2.05) is 12.1 Å². The van der Waals surface area contributed by atoms with Crippen molar-refractivity contribution in [2.75, 3.05) is 6.61 Å². The molecule has 4 heteroatoms. The highest BCUT2D eigenvalue weighted by Gasteiger charge is 2.08. The van der Waals surface area contributed by atoms with Crippen molar-refractivity contribution in [3.05, 3.63) is 24.8 Å². The summed E-state index contributed by atoms with van der Waals surface area (Å²) >= 11 is 4.41. The Kier molecular flexibility index (Phi) is 6.02. The molecule has 0 unspecified atom stereocenters. The smallest absolute Gasteiger partial charge is 0.150 e. The van der Waals surface area contributed by atoms with Crippen LogP contribution in [-0.2, 0) is 0 Å². The average molecular weight is 444 g/mol. The molecule has 0 saturated heterocycles. The zero-order valence-corrected chi connectivity index (χ0v) is 13.6. The number of aldehydes is 1. The van der Waals surface area contributed by atoms with Gasteiger partial charge < -0.3 is 4.74 Å². The van der Waals surface area contributed by atoms with Gasteiger partial charge in [0.1, 0.15) is 12.0 Å². The molecular weight excluding hydrogens is 430 g/mol. The lowest BCUT2D eigenvalue weighted by Crippen LogP contribution is -2.04. The molecule has 0 aromatic heterocycles. The summed E-state index contributed by atoms with van der Waals surface area (Å²) < 4.78 is 7.74. The van der Waals surface area contributed by atoms with Crippen molar-refractivity contribution in [1.82, 2.24) is 0 Å². The molecule has 0 spiro atoms. The molecular formula is C12H14I2O2. The van der Waals surface area contributed by atoms with Crippen LogP contribution in [0.4, 0.5) is 0 Å². The van der Waals surface area contributed by atoms with E-state index >= 15 is 0 Å². The fourth-order valence-electron chi connectivity index (χ4n) is 1.18. The Morgan fingerprint density at radius 1 is 1.31 bits per heavy atom. The van der Waals surface area contributed by atoms with Crippen molar-refractivity contribution in [2.24, 2.45) is 5.92 Å². The normalized spacial score (nSPS) is 10.6. The fraction of sp³-hybridized carbons (Fsp3) is 0.417. The van der Waals surface area contributed by atoms with Crippen LogP contribution in [0.3, 0.4) is 0 Å². The molecule has 0 heterocycles. The van der Waals surface area contributed by atoms with Gasteiger partial charge in [0.15, 0.2) is 0 Å². The molecule has 0 aliphatic heterocycles. The van der Waals surface area contributed by atoms with Gasteiger partial charge in [0, 0.05) is 5.56 Å². The number of carbonyl (C=O) groups excluding carboxylic acids is 1. The number of ether oxygens (including phenoxy) is 1. The summed E-state index contributed by atoms with van der Waals surface area (Å²) in [7, 11) is 0. The monoisotopic (exact) mass is 444 g/mol. The highest BCUT2D eigenvalue weighted by atomic mass is 127. The SMILES string of the molecule is CC(C)CCOc1c(I)cc(C=O)cc1I. The van der Waals surface area contributed by atoms with Crippen LogP contribution >= 0.6 is 45.2 Å². The highest BCUT2D eigenvalue weighted by Crippen LogP contribution is 2.28. The molecule has 0 N–H and O–H groups in total. The molecule has 0 bridgehead atoms. The predicted molar refractivity (Wildman–Crippen MR) is 82.2 cm³/mol. The van der Waals surface area contributed by atoms with E-state index in [0.717, 1.165) is 32.2 Å². The van der Waals surface area contributed by atoms with E-state index in [1.54, 1.807) is 0 Å². The summed E-state index contributed by atoms with van der Waals surface area (Å²) in [6, 6.07) is 3.70. The van der Waals surface area contributed by atoms with Gasteiger partial charge in [-0.3, -0.25) is 4.79 Å². The average Bonchev–Trinajstić information content (AvgIpc) is 2.21. The van der Waals surface area contributed by atoms with Gasteiger partial charge in [-0.25, -0.2) is 0 Å². The maximum absolute atomic E-state index is 10.7. The van der Waals surface area contributed by atoms with E-state index in [1.165, 1.54) is 0 Å². The molecule has 16 heavy (non-hydrogen) atoms. The Labute approximate surface area is 123 Å². The second-order valence-corrected chi connectivity index (χ2v) is 6.29. The van der Waals surface area contributed by atoms with Gasteiger partial charge in [0.25, 0.3) is 0 Å². The van der Waals surface area contributed by atoms with Gasteiger partial charge in [-0.15, -0.1) is 0 Å². The Morgan fingerprint density at radius 2 is 1.88 bits per heavy atom. The number of rotatable bonds is 5. The van der Waals surface area contributed by atoms with Crippen LogP contribution in [0.2, 0.25) is 0 Å². The Hall–Kier alpha value is 0.150. The van der Waals surface area contributed by atoms with Gasteiger partial charge in [0.2, 0.25) is 0 Å². The van der Waals surface area contributed by atoms with E-state index in [-0.39, 0.29) is 0 Å². The van der Waals surface area contributed by atoms with Crippen LogP contribution in [0.1, 0.15) is 30.6 Å². The van der Waals surface area contributed by atoms with Gasteiger partial charge >= 0.3 is 0 Å². The minimum Gasteiger partial charge on any atom is -0.491 e. The lowest BCUT2D eigenvalue weighted by Gasteiger charge is -2.12. The van der Waals surface area contributed by atoms with Crippen LogP contribution in [0.15, 0.2) is 12.1 Å². The van der Waals surface area contributed by atoms with Crippen molar-refractivity contribution >= 4 is 51.5 Å². The topological polar surface area (TPSA) is 26.3 Å². The van der Waals surface area contributed by atoms with E-state index < -0.39 is 0 Å². The lowest BCUT2D eigenvalue weighted by atomic mass is 10.1. The maximum atomic E-state index is 10.7. The van der Waals surface area contributed by atoms with Crippen LogP contribution in [0.25, 0.3) is 0 Å². The quantitative estimate of drug-likeness (QED) is 0.505. The first kappa shape index (κ1) is 14.2. The van der Waals surface area contributed by atoms with Crippen LogP contribution in [0.5, 0.6) is 5.75 Å². The zero-order chi connectivity index (χ0) is 12.1. The number of carbonyl (C=O) groups is 1. The number of benzene rings is 1. The van der Waals surface area contributed by atoms with Crippen LogP contribution in [0, 0.1) is 13.1 Å². The molecule has 2 nitrogen and oxygen atoms in total. The molecule has 1 rings (SSSR count). The van der Waals surface area contributed by atoms with Crippen LogP contribution in [-0.4, -0.2) is 12.9 Å². The minimum absolute atomic E-state index is 0.643. The summed E-state index contributed by atoms with van der Waals surface area (Å²) in [5.41, 5.74) is 0.699. The molecule has 0 radical (unpaired) electrons. The first-order valence-corrected chi connectivity index (χ1v) is 7.27. The first-order valence-electron chi connectivity index (χ1n) is 5.11. The van der Waals surface area contributed by atoms with E-state index in [2.05, 4.69) is 59.0 Å². The summed E-state index contributed by atoms with van der Waals surface area (Å²) in [6.45, 7) is 5.08. The van der Waals surface area contributed by atoms with Crippen molar-refractivity contribution in [3.8, 4) is 5.75 Å². The van der Waals surface area contributed by atoms with Crippen molar-refractivity contribution in [2.45, 2.75) is 20.3 Å². The molecule has 0 fully saturated rings. The fourth-order valence-corrected chi connectivity index (χ4v) is 3.31. The van der Waals surface area contributed by atoms with Crippen molar-refractivity contribution in [3.63, 3.8) is 0 Å². The third kappa shape index (κ3) is 4.20. The highest BCUT2D eigenvalue weighted by molar-refractivity contribution is 14.1. The Balaban J connectivity index is 2.76. The molecule has 0 aliphatic carbocycles. The van der Waals surface area contributed by atoms with Gasteiger partial charge in [-0.2, -0.15) is 0 Å². The van der Waals surface area contributed by atoms with Crippen LogP contribution < -0.4 is 4.74 Å². The third-order valence-electron chi connectivity index (χ3n) is 2.10. The van der Waals surface area contributed by atoms with E-state index in [9.17, 15) is 4.79 Å². The largest absolute Gasteiger partial charge is 0.491 e. The third-order valence-corrected chi connectivity index (χ3v) is 3.70. The molecule has 1 aromatic rings. The Morgan fingerprint density at radius 3 is 2.31 bits per heavy atom. The van der Waals surface area contributed by atoms with Crippen molar-refractivity contribution < 1.29 is 9.53 Å². The molecule has 0 amide bonds. The molecule has 0 aliphatic rings. The first-order chi connectivity index (χ1) is 7.54. The molecule has 0 saturated carbocycles. The lowest BCUT2D eigenvalue weighted by molar-refractivity contribution is 0.112. The second-order valence-electron chi connectivity index (χ2n) is 3.96. The number of halogens is 2. The summed E-state index contributed by atoms with van der Waals surface area (Å²) in [6.07, 6.45) is 1.91. The van der Waals surface area contributed by atoms with Crippen molar-refractivity contribution in [1.29, 1.82) is 0 Å². The summed E-state index contributed by atoms with van der Waals surface area (Å²) in [5, 5.41) is 0. The van der Waals surface area contributed by atoms with Gasteiger partial charge in [0.05, 0.1) is 13.7 Å². The molecule has 0 atom stereocenters. The summed E-state index contributed by atoms with van der Waals surface area (Å²) in [4.78, 5) is 10.7. The number of hydrogen-bond acceptors (Lipinski definition) is 2. The Bertz CT molecular complexity index is 352. The maximum Gasteiger partial charge on any atom is 0.150 e. The zero-order valence-electron chi connectivity index (χ0n) is 9.30. The number of hydrogen-bond donors (Lipinski definition) is 0. The predicted octanol–water partition coefficient (Wildman–Crippen LogP) is 4.13. The molecule has 88 valence electrons. The molecule has 1 aromatic carbocycles. The second kappa shape index (κ2) is 6.78. The van der Waals surface area contributed by atoms with Gasteiger partial charge in [-0.05, 0) is 69.7 Å². The van der Waals surface area contributed by atoms with E-state index in [0.29, 0.717) is 11.5 Å². The minimum atomic E-state index is 0.643.